The highest BCUT2D eigenvalue weighted by Gasteiger charge is 2.65. The van der Waals surface area contributed by atoms with E-state index in [1.165, 1.54) is 0 Å². The van der Waals surface area contributed by atoms with Gasteiger partial charge in [-0.15, -0.1) is 4.13 Å². The van der Waals surface area contributed by atoms with E-state index in [0.29, 0.717) is 20.0 Å². The summed E-state index contributed by atoms with van der Waals surface area (Å²) in [6.45, 7) is 4.06. The number of rotatable bonds is 8. The van der Waals surface area contributed by atoms with Crippen LogP contribution in [-0.2, 0) is 24.8 Å². The van der Waals surface area contributed by atoms with Gasteiger partial charge in [0.2, 0.25) is 5.85 Å². The zero-order valence-electron chi connectivity index (χ0n) is 13.6. The summed E-state index contributed by atoms with van der Waals surface area (Å²) in [5.41, 5.74) is 0. The Kier molecular flexibility index (Phi) is 6.77. The van der Waals surface area contributed by atoms with Crippen molar-refractivity contribution in [3.63, 3.8) is 0 Å². The quantitative estimate of drug-likeness (QED) is 0.609. The highest BCUT2D eigenvalue weighted by Crippen LogP contribution is 2.40. The number of H-pyrrole nitrogens is 1. The Morgan fingerprint density at radius 1 is 1.19 bits per heavy atom. The van der Waals surface area contributed by atoms with Crippen LogP contribution in [0.2, 0.25) is 0 Å². The first-order valence-electron chi connectivity index (χ1n) is 6.36. The van der Waals surface area contributed by atoms with E-state index in [2.05, 4.69) is 21.3 Å². The Morgan fingerprint density at radius 3 is 2.08 bits per heavy atom. The summed E-state index contributed by atoms with van der Waals surface area (Å²) in [4.78, 5) is 5.60. The third-order valence-corrected chi connectivity index (χ3v) is 6.46. The monoisotopic (exact) mass is 429 g/mol. The van der Waals surface area contributed by atoms with Gasteiger partial charge in [0.1, 0.15) is 5.82 Å². The second-order valence-electron chi connectivity index (χ2n) is 5.33. The van der Waals surface area contributed by atoms with E-state index in [0.717, 1.165) is 10.2 Å². The Morgan fingerprint density at radius 2 is 1.69 bits per heavy atom. The van der Waals surface area contributed by atoms with Crippen LogP contribution in [0.4, 0.5) is 22.3 Å². The molecule has 1 heterocycles. The fourth-order valence-electron chi connectivity index (χ4n) is 1.38. The van der Waals surface area contributed by atoms with Crippen molar-refractivity contribution in [2.75, 3.05) is 0 Å². The molecule has 26 heavy (non-hydrogen) atoms. The molecule has 0 aromatic carbocycles. The van der Waals surface area contributed by atoms with Gasteiger partial charge in [-0.1, -0.05) is 6.58 Å². The maximum Gasteiger partial charge on any atom is 0.408 e. The van der Waals surface area contributed by atoms with Crippen LogP contribution in [0.25, 0.3) is 6.08 Å². The van der Waals surface area contributed by atoms with Crippen molar-refractivity contribution in [1.29, 1.82) is 0 Å². The summed E-state index contributed by atoms with van der Waals surface area (Å²) < 4.78 is 107. The summed E-state index contributed by atoms with van der Waals surface area (Å²) in [6, 6.07) is 0. The first kappa shape index (κ1) is 24.4. The van der Waals surface area contributed by atoms with E-state index in [1.54, 1.807) is 0 Å². The van der Waals surface area contributed by atoms with Crippen LogP contribution in [0.3, 0.4) is 0 Å². The Labute approximate surface area is 146 Å². The number of halogens is 5. The van der Waals surface area contributed by atoms with Gasteiger partial charge in [-0.05, 0) is 26.8 Å². The van der Waals surface area contributed by atoms with E-state index >= 15 is 0 Å². The zero-order valence-corrected chi connectivity index (χ0v) is 15.2. The van der Waals surface area contributed by atoms with E-state index in [1.807, 2.05) is 0 Å². The van der Waals surface area contributed by atoms with Gasteiger partial charge in [-0.25, -0.2) is 30.6 Å². The van der Waals surface area contributed by atoms with E-state index in [4.69, 9.17) is 0 Å². The number of nitrogens with zero attached hydrogens (tertiary/aromatic N) is 1. The predicted molar refractivity (Wildman–Crippen MR) is 81.2 cm³/mol. The number of hydrogen-bond donors (Lipinski definition) is 2. The molecule has 2 N–H and O–H groups in total. The summed E-state index contributed by atoms with van der Waals surface area (Å²) in [5.74, 6) is -3.18. The molecule has 0 radical (unpaired) electrons. The van der Waals surface area contributed by atoms with Crippen molar-refractivity contribution in [2.45, 2.75) is 42.8 Å². The average Bonchev–Trinajstić information content (AvgIpc) is 2.83. The van der Waals surface area contributed by atoms with E-state index in [9.17, 15) is 34.4 Å². The molecule has 0 aliphatic rings. The summed E-state index contributed by atoms with van der Waals surface area (Å²) in [5, 5.41) is -5.48. The van der Waals surface area contributed by atoms with Gasteiger partial charge in [0.25, 0.3) is 20.0 Å². The zero-order chi connectivity index (χ0) is 19.9. The molecule has 0 aliphatic heterocycles. The number of hydrogen-bond acceptors (Lipinski definition) is 6. The van der Waals surface area contributed by atoms with E-state index in [-0.39, 0.29) is 17.5 Å². The SMILES string of the molecule is C=Cc1ncc(S(=O)(=O)NS(=O)(=O)C(C)(F)C(F)(F)OC(C)(C)F)[nH]1.F. The van der Waals surface area contributed by atoms with Crippen molar-refractivity contribution >= 4 is 26.1 Å². The Balaban J connectivity index is 0.00000625. The normalized spacial score (nSPS) is 15.8. The van der Waals surface area contributed by atoms with Gasteiger partial charge < -0.3 is 4.98 Å². The lowest BCUT2D eigenvalue weighted by molar-refractivity contribution is -0.349. The molecule has 0 bridgehead atoms. The molecule has 0 aliphatic carbocycles. The molecule has 8 nitrogen and oxygen atoms in total. The lowest BCUT2D eigenvalue weighted by atomic mass is 10.3. The minimum Gasteiger partial charge on any atom is -0.328 e. The van der Waals surface area contributed by atoms with Crippen LogP contribution in [0, 0.1) is 0 Å². The first-order valence-corrected chi connectivity index (χ1v) is 9.33. The van der Waals surface area contributed by atoms with Gasteiger partial charge in [-0.2, -0.15) is 8.78 Å². The van der Waals surface area contributed by atoms with Crippen LogP contribution in [0.1, 0.15) is 26.6 Å². The molecule has 15 heteroatoms. The van der Waals surface area contributed by atoms with Crippen molar-refractivity contribution < 1.29 is 43.8 Å². The van der Waals surface area contributed by atoms with Gasteiger partial charge in [0.05, 0.1) is 6.20 Å². The molecule has 1 unspecified atom stereocenters. The number of aromatic amines is 1. The lowest BCUT2D eigenvalue weighted by Gasteiger charge is -2.32. The summed E-state index contributed by atoms with van der Waals surface area (Å²) >= 11 is 0. The summed E-state index contributed by atoms with van der Waals surface area (Å²) in [7, 11) is -10.9. The van der Waals surface area contributed by atoms with Crippen LogP contribution in [0.5, 0.6) is 0 Å². The van der Waals surface area contributed by atoms with Gasteiger partial charge in [-0.3, -0.25) is 9.44 Å². The maximum atomic E-state index is 14.3. The molecule has 0 saturated carbocycles. The van der Waals surface area contributed by atoms with Crippen molar-refractivity contribution in [3.8, 4) is 0 Å². The van der Waals surface area contributed by atoms with Gasteiger partial charge in [0, 0.05) is 0 Å². The number of aromatic nitrogens is 2. The van der Waals surface area contributed by atoms with Crippen LogP contribution in [0.15, 0.2) is 17.8 Å². The molecular formula is C11H16F5N3O5S2. The molecule has 1 aromatic heterocycles. The van der Waals surface area contributed by atoms with Gasteiger partial charge >= 0.3 is 11.1 Å². The molecule has 1 atom stereocenters. The van der Waals surface area contributed by atoms with Gasteiger partial charge in [0.15, 0.2) is 5.03 Å². The Bertz CT molecular complexity index is 859. The highest BCUT2D eigenvalue weighted by molar-refractivity contribution is 8.05. The van der Waals surface area contributed by atoms with Crippen molar-refractivity contribution in [2.24, 2.45) is 0 Å². The molecular weight excluding hydrogens is 413 g/mol. The number of alkyl halides is 4. The second kappa shape index (κ2) is 7.21. The number of ether oxygens (including phenoxy) is 1. The first-order chi connectivity index (χ1) is 11.0. The average molecular weight is 429 g/mol. The largest absolute Gasteiger partial charge is 0.408 e. The number of sulfonamides is 2. The standard InChI is InChI=1S/C11H15F4N3O5S2.FH/c1-5-7-16-6-8(17-7)24(19,20)18-25(21,22)10(4,13)11(14,15)23-9(2,3)12;/h5-6,18H,1H2,2-4H3,(H,16,17);1H. The minimum absolute atomic E-state index is 0. The molecule has 0 saturated heterocycles. The Hall–Kier alpha value is -1.58. The fraction of sp³-hybridized carbons (Fsp3) is 0.545. The second-order valence-corrected chi connectivity index (χ2v) is 9.21. The lowest BCUT2D eigenvalue weighted by Crippen LogP contribution is -2.57. The third kappa shape index (κ3) is 4.99. The van der Waals surface area contributed by atoms with Crippen LogP contribution >= 0.6 is 0 Å². The van der Waals surface area contributed by atoms with Crippen molar-refractivity contribution in [1.82, 2.24) is 14.1 Å². The minimum atomic E-state index is -5.91. The number of imidazole rings is 1. The molecule has 0 fully saturated rings. The third-order valence-electron chi connectivity index (χ3n) is 2.67. The molecule has 1 rings (SSSR count). The summed E-state index contributed by atoms with van der Waals surface area (Å²) in [6.07, 6.45) is -3.48. The number of nitrogens with one attached hydrogen (secondary N) is 2. The molecule has 152 valence electrons. The highest BCUT2D eigenvalue weighted by atomic mass is 32.3. The van der Waals surface area contributed by atoms with Crippen molar-refractivity contribution in [3.05, 3.63) is 18.6 Å². The predicted octanol–water partition coefficient (Wildman–Crippen LogP) is 1.81. The molecule has 0 amide bonds. The topological polar surface area (TPSA) is 118 Å². The van der Waals surface area contributed by atoms with E-state index < -0.39 is 42.0 Å². The maximum absolute atomic E-state index is 14.3. The molecule has 0 spiro atoms. The fourth-order valence-corrected chi connectivity index (χ4v) is 4.30. The smallest absolute Gasteiger partial charge is 0.328 e. The van der Waals surface area contributed by atoms with Crippen LogP contribution < -0.4 is 4.13 Å². The molecule has 1 aromatic rings. The van der Waals surface area contributed by atoms with Crippen LogP contribution in [-0.4, -0.2) is 43.8 Å².